The molecule has 4 aliphatic rings. The van der Waals surface area contributed by atoms with Gasteiger partial charge in [-0.25, -0.2) is 0 Å². The van der Waals surface area contributed by atoms with Crippen LogP contribution in [0.3, 0.4) is 0 Å². The SMILES string of the molecule is CC(C)(C)NC(=O)C1CCC2C3CCC4NC(=O)CC[C@]4(C)C3CC[C@]12C. The minimum atomic E-state index is -0.158. The first-order valence-electron chi connectivity index (χ1n) is 11.2. The van der Waals surface area contributed by atoms with Crippen molar-refractivity contribution in [1.82, 2.24) is 10.6 Å². The van der Waals surface area contributed by atoms with Crippen molar-refractivity contribution in [3.05, 3.63) is 0 Å². The first kappa shape index (κ1) is 19.3. The van der Waals surface area contributed by atoms with E-state index >= 15 is 0 Å². The van der Waals surface area contributed by atoms with E-state index in [1.54, 1.807) is 0 Å². The van der Waals surface area contributed by atoms with Gasteiger partial charge < -0.3 is 10.6 Å². The molecule has 4 fully saturated rings. The van der Waals surface area contributed by atoms with Crippen molar-refractivity contribution in [3.63, 3.8) is 0 Å². The third-order valence-electron chi connectivity index (χ3n) is 8.91. The minimum Gasteiger partial charge on any atom is -0.353 e. The molecular weight excluding hydrogens is 336 g/mol. The van der Waals surface area contributed by atoms with Gasteiger partial charge >= 0.3 is 0 Å². The summed E-state index contributed by atoms with van der Waals surface area (Å²) in [6.07, 6.45) is 8.71. The van der Waals surface area contributed by atoms with Gasteiger partial charge in [-0.15, -0.1) is 0 Å². The molecule has 0 bridgehead atoms. The number of nitrogens with one attached hydrogen (secondary N) is 2. The van der Waals surface area contributed by atoms with Gasteiger partial charge in [0.15, 0.2) is 0 Å². The zero-order valence-corrected chi connectivity index (χ0v) is 17.9. The Morgan fingerprint density at radius 3 is 2.41 bits per heavy atom. The molecule has 4 nitrogen and oxygen atoms in total. The Labute approximate surface area is 164 Å². The summed E-state index contributed by atoms with van der Waals surface area (Å²) in [4.78, 5) is 25.0. The summed E-state index contributed by atoms with van der Waals surface area (Å²) < 4.78 is 0. The highest BCUT2D eigenvalue weighted by Gasteiger charge is 2.61. The van der Waals surface area contributed by atoms with Gasteiger partial charge in [0.2, 0.25) is 11.8 Å². The van der Waals surface area contributed by atoms with Gasteiger partial charge in [0, 0.05) is 23.9 Å². The highest BCUT2D eigenvalue weighted by Crippen LogP contribution is 2.65. The van der Waals surface area contributed by atoms with Gasteiger partial charge in [0.25, 0.3) is 0 Å². The largest absolute Gasteiger partial charge is 0.353 e. The standard InChI is InChI=1S/C23H38N2O2/c1-21(2,3)25-20(27)17-8-7-15-14-6-9-18-23(5,13-11-19(26)24-18)16(14)10-12-22(15,17)4/h14-18H,6-13H2,1-5H3,(H,24,26)(H,25,27)/t14?,15?,16?,17?,18?,22-,23+/m0/s1. The lowest BCUT2D eigenvalue weighted by Gasteiger charge is -2.60. The summed E-state index contributed by atoms with van der Waals surface area (Å²) in [6.45, 7) is 11.1. The Bertz CT molecular complexity index is 639. The molecule has 3 saturated carbocycles. The van der Waals surface area contributed by atoms with Gasteiger partial charge in [0.05, 0.1) is 0 Å². The molecule has 5 unspecified atom stereocenters. The molecule has 1 aliphatic heterocycles. The van der Waals surface area contributed by atoms with Crippen LogP contribution in [0.15, 0.2) is 0 Å². The second-order valence-corrected chi connectivity index (χ2v) is 11.5. The van der Waals surface area contributed by atoms with E-state index in [9.17, 15) is 9.59 Å². The molecular formula is C23H38N2O2. The number of carbonyl (C=O) groups excluding carboxylic acids is 2. The minimum absolute atomic E-state index is 0.150. The number of hydrogen-bond donors (Lipinski definition) is 2. The van der Waals surface area contributed by atoms with E-state index in [1.807, 2.05) is 0 Å². The van der Waals surface area contributed by atoms with Crippen LogP contribution in [0.4, 0.5) is 0 Å². The molecule has 0 aromatic carbocycles. The third-order valence-corrected chi connectivity index (χ3v) is 8.91. The quantitative estimate of drug-likeness (QED) is 0.728. The van der Waals surface area contributed by atoms with Crippen molar-refractivity contribution in [3.8, 4) is 0 Å². The van der Waals surface area contributed by atoms with E-state index in [4.69, 9.17) is 0 Å². The van der Waals surface area contributed by atoms with Gasteiger partial charge in [-0.05, 0) is 94.3 Å². The average Bonchev–Trinajstić information content (AvgIpc) is 2.91. The van der Waals surface area contributed by atoms with Crippen LogP contribution in [-0.2, 0) is 9.59 Å². The Balaban J connectivity index is 1.55. The predicted molar refractivity (Wildman–Crippen MR) is 107 cm³/mol. The summed E-state index contributed by atoms with van der Waals surface area (Å²) >= 11 is 0. The van der Waals surface area contributed by atoms with E-state index in [2.05, 4.69) is 45.3 Å². The van der Waals surface area contributed by atoms with Crippen molar-refractivity contribution in [2.75, 3.05) is 0 Å². The van der Waals surface area contributed by atoms with Crippen molar-refractivity contribution >= 4 is 11.8 Å². The lowest BCUT2D eigenvalue weighted by atomic mass is 9.47. The van der Waals surface area contributed by atoms with Crippen molar-refractivity contribution in [2.24, 2.45) is 34.5 Å². The Kier molecular flexibility index (Phi) is 4.44. The smallest absolute Gasteiger partial charge is 0.224 e. The molecule has 3 aliphatic carbocycles. The zero-order chi connectivity index (χ0) is 19.6. The van der Waals surface area contributed by atoms with Crippen molar-refractivity contribution in [1.29, 1.82) is 0 Å². The molecule has 0 spiro atoms. The molecule has 0 radical (unpaired) electrons. The molecule has 0 aromatic heterocycles. The lowest BCUT2D eigenvalue weighted by molar-refractivity contribution is -0.142. The van der Waals surface area contributed by atoms with E-state index in [1.165, 1.54) is 19.3 Å². The molecule has 0 aromatic rings. The molecule has 1 heterocycles. The number of amides is 2. The van der Waals surface area contributed by atoms with Crippen LogP contribution in [0.1, 0.15) is 86.0 Å². The average molecular weight is 375 g/mol. The normalized spacial score (nSPS) is 46.7. The van der Waals surface area contributed by atoms with Crippen LogP contribution in [0.2, 0.25) is 0 Å². The van der Waals surface area contributed by atoms with Gasteiger partial charge in [-0.2, -0.15) is 0 Å². The van der Waals surface area contributed by atoms with E-state index < -0.39 is 0 Å². The highest BCUT2D eigenvalue weighted by molar-refractivity contribution is 5.80. The summed E-state index contributed by atoms with van der Waals surface area (Å²) in [7, 11) is 0. The summed E-state index contributed by atoms with van der Waals surface area (Å²) in [5.41, 5.74) is 0.246. The molecule has 7 atom stereocenters. The monoisotopic (exact) mass is 374 g/mol. The van der Waals surface area contributed by atoms with Crippen LogP contribution in [-0.4, -0.2) is 23.4 Å². The predicted octanol–water partition coefficient (Wildman–Crippen LogP) is 4.04. The fourth-order valence-corrected chi connectivity index (χ4v) is 7.59. The Hall–Kier alpha value is -1.06. The maximum absolute atomic E-state index is 13.0. The number of carbonyl (C=O) groups is 2. The lowest BCUT2D eigenvalue weighted by Crippen LogP contribution is -2.61. The van der Waals surface area contributed by atoms with E-state index in [-0.39, 0.29) is 34.1 Å². The van der Waals surface area contributed by atoms with Crippen LogP contribution in [0.5, 0.6) is 0 Å². The second-order valence-electron chi connectivity index (χ2n) is 11.5. The summed E-state index contributed by atoms with van der Waals surface area (Å²) in [5.74, 6) is 2.79. The van der Waals surface area contributed by atoms with Crippen molar-refractivity contribution in [2.45, 2.75) is 97.6 Å². The summed E-state index contributed by atoms with van der Waals surface area (Å²) in [5, 5.41) is 6.57. The second kappa shape index (κ2) is 6.22. The molecule has 2 N–H and O–H groups in total. The maximum atomic E-state index is 13.0. The van der Waals surface area contributed by atoms with Gasteiger partial charge in [-0.3, -0.25) is 9.59 Å². The third kappa shape index (κ3) is 3.02. The Morgan fingerprint density at radius 1 is 1.00 bits per heavy atom. The highest BCUT2D eigenvalue weighted by atomic mass is 16.2. The number of fused-ring (bicyclic) bond motifs is 5. The topological polar surface area (TPSA) is 58.2 Å². The number of hydrogen-bond acceptors (Lipinski definition) is 2. The van der Waals surface area contributed by atoms with Crippen LogP contribution in [0, 0.1) is 34.5 Å². The maximum Gasteiger partial charge on any atom is 0.224 e. The number of rotatable bonds is 1. The van der Waals surface area contributed by atoms with Crippen molar-refractivity contribution < 1.29 is 9.59 Å². The van der Waals surface area contributed by atoms with Crippen LogP contribution in [0.25, 0.3) is 0 Å². The molecule has 2 amide bonds. The molecule has 4 rings (SSSR count). The van der Waals surface area contributed by atoms with Crippen LogP contribution < -0.4 is 10.6 Å². The molecule has 1 saturated heterocycles. The van der Waals surface area contributed by atoms with E-state index in [0.717, 1.165) is 31.6 Å². The fourth-order valence-electron chi connectivity index (χ4n) is 7.59. The molecule has 152 valence electrons. The zero-order valence-electron chi connectivity index (χ0n) is 17.9. The number of piperidine rings is 1. The van der Waals surface area contributed by atoms with E-state index in [0.29, 0.717) is 24.3 Å². The first-order chi connectivity index (χ1) is 12.5. The first-order valence-corrected chi connectivity index (χ1v) is 11.2. The van der Waals surface area contributed by atoms with Gasteiger partial charge in [-0.1, -0.05) is 13.8 Å². The molecule has 4 heteroatoms. The van der Waals surface area contributed by atoms with Gasteiger partial charge in [0.1, 0.15) is 0 Å². The molecule has 27 heavy (non-hydrogen) atoms. The fraction of sp³-hybridized carbons (Fsp3) is 0.913. The Morgan fingerprint density at radius 2 is 1.70 bits per heavy atom. The summed E-state index contributed by atoms with van der Waals surface area (Å²) in [6, 6.07) is 0.366. The van der Waals surface area contributed by atoms with Crippen LogP contribution >= 0.6 is 0 Å².